The van der Waals surface area contributed by atoms with Crippen molar-refractivity contribution >= 4 is 34.1 Å². The van der Waals surface area contributed by atoms with Gasteiger partial charge >= 0.3 is 0 Å². The maximum Gasteiger partial charge on any atom is 0.206 e. The van der Waals surface area contributed by atoms with Crippen LogP contribution in [0.15, 0.2) is 42.5 Å². The van der Waals surface area contributed by atoms with Crippen LogP contribution in [0.3, 0.4) is 0 Å². The van der Waals surface area contributed by atoms with Crippen molar-refractivity contribution < 1.29 is 4.79 Å². The Labute approximate surface area is 151 Å². The zero-order valence-electron chi connectivity index (χ0n) is 14.6. The summed E-state index contributed by atoms with van der Waals surface area (Å²) in [4.78, 5) is 21.8. The summed E-state index contributed by atoms with van der Waals surface area (Å²) < 4.78 is 2.23. The SMILES string of the molecule is Nc1ccc(N2CCN(c3nc4cccc5c4n3CCC5=O)CC2)cc1. The molecule has 2 aliphatic rings. The van der Waals surface area contributed by atoms with Crippen molar-refractivity contribution in [2.24, 2.45) is 0 Å². The number of hydrogen-bond donors (Lipinski definition) is 1. The maximum absolute atomic E-state index is 12.2. The van der Waals surface area contributed by atoms with E-state index in [-0.39, 0.29) is 5.78 Å². The Morgan fingerprint density at radius 1 is 0.885 bits per heavy atom. The molecule has 1 aromatic heterocycles. The highest BCUT2D eigenvalue weighted by Gasteiger charge is 2.27. The number of anilines is 3. The summed E-state index contributed by atoms with van der Waals surface area (Å²) in [6.07, 6.45) is 0.556. The average molecular weight is 347 g/mol. The van der Waals surface area contributed by atoms with Crippen molar-refractivity contribution in [1.82, 2.24) is 9.55 Å². The van der Waals surface area contributed by atoms with Gasteiger partial charge in [0.25, 0.3) is 0 Å². The first-order valence-electron chi connectivity index (χ1n) is 9.08. The number of imidazole rings is 1. The molecule has 3 aromatic rings. The van der Waals surface area contributed by atoms with Crippen LogP contribution in [0.5, 0.6) is 0 Å². The molecule has 26 heavy (non-hydrogen) atoms. The van der Waals surface area contributed by atoms with E-state index < -0.39 is 0 Å². The summed E-state index contributed by atoms with van der Waals surface area (Å²) in [7, 11) is 0. The molecule has 0 saturated carbocycles. The molecule has 1 saturated heterocycles. The number of carbonyl (C=O) groups excluding carboxylic acids is 1. The molecule has 6 heteroatoms. The summed E-state index contributed by atoms with van der Waals surface area (Å²) in [6, 6.07) is 13.9. The van der Waals surface area contributed by atoms with Gasteiger partial charge in [0.2, 0.25) is 5.95 Å². The number of nitrogen functional groups attached to an aromatic ring is 1. The molecule has 5 rings (SSSR count). The first-order chi connectivity index (χ1) is 12.7. The van der Waals surface area contributed by atoms with Gasteiger partial charge in [0.05, 0.1) is 11.0 Å². The van der Waals surface area contributed by atoms with Crippen molar-refractivity contribution in [2.75, 3.05) is 41.7 Å². The van der Waals surface area contributed by atoms with E-state index in [9.17, 15) is 4.79 Å². The van der Waals surface area contributed by atoms with E-state index in [0.717, 1.165) is 61.0 Å². The first-order valence-corrected chi connectivity index (χ1v) is 9.08. The van der Waals surface area contributed by atoms with Crippen LogP contribution in [0.25, 0.3) is 11.0 Å². The molecule has 3 heterocycles. The molecule has 0 bridgehead atoms. The monoisotopic (exact) mass is 347 g/mol. The summed E-state index contributed by atoms with van der Waals surface area (Å²) in [5, 5.41) is 0. The Morgan fingerprint density at radius 3 is 2.38 bits per heavy atom. The third-order valence-electron chi connectivity index (χ3n) is 5.43. The number of rotatable bonds is 2. The lowest BCUT2D eigenvalue weighted by molar-refractivity contribution is 0.0973. The third kappa shape index (κ3) is 2.33. The van der Waals surface area contributed by atoms with Crippen molar-refractivity contribution in [3.05, 3.63) is 48.0 Å². The largest absolute Gasteiger partial charge is 0.399 e. The number of carbonyl (C=O) groups is 1. The molecule has 0 amide bonds. The van der Waals surface area contributed by atoms with Crippen LogP contribution in [0.2, 0.25) is 0 Å². The molecule has 0 radical (unpaired) electrons. The zero-order valence-corrected chi connectivity index (χ0v) is 14.6. The minimum Gasteiger partial charge on any atom is -0.399 e. The van der Waals surface area contributed by atoms with Crippen LogP contribution < -0.4 is 15.5 Å². The average Bonchev–Trinajstić information content (AvgIpc) is 3.05. The van der Waals surface area contributed by atoms with E-state index in [4.69, 9.17) is 10.7 Å². The van der Waals surface area contributed by atoms with Gasteiger partial charge in [-0.25, -0.2) is 4.98 Å². The summed E-state index contributed by atoms with van der Waals surface area (Å²) >= 11 is 0. The van der Waals surface area contributed by atoms with Crippen LogP contribution in [0.4, 0.5) is 17.3 Å². The van der Waals surface area contributed by atoms with E-state index in [1.165, 1.54) is 5.69 Å². The van der Waals surface area contributed by atoms with Crippen LogP contribution in [-0.4, -0.2) is 41.5 Å². The van der Waals surface area contributed by atoms with E-state index in [0.29, 0.717) is 6.42 Å². The second-order valence-electron chi connectivity index (χ2n) is 6.98. The van der Waals surface area contributed by atoms with E-state index >= 15 is 0 Å². The molecular formula is C20H21N5O. The topological polar surface area (TPSA) is 67.4 Å². The number of para-hydroxylation sites is 1. The first kappa shape index (κ1) is 15.3. The van der Waals surface area contributed by atoms with Crippen molar-refractivity contribution in [1.29, 1.82) is 0 Å². The van der Waals surface area contributed by atoms with Crippen molar-refractivity contribution in [3.8, 4) is 0 Å². The number of aryl methyl sites for hydroxylation is 1. The van der Waals surface area contributed by atoms with Crippen molar-refractivity contribution in [2.45, 2.75) is 13.0 Å². The van der Waals surface area contributed by atoms with Gasteiger partial charge in [0.15, 0.2) is 5.78 Å². The number of ketones is 1. The minimum absolute atomic E-state index is 0.225. The second-order valence-corrected chi connectivity index (χ2v) is 6.98. The van der Waals surface area contributed by atoms with Gasteiger partial charge < -0.3 is 20.1 Å². The molecule has 132 valence electrons. The minimum atomic E-state index is 0.225. The molecule has 2 aromatic carbocycles. The lowest BCUT2D eigenvalue weighted by Crippen LogP contribution is -2.47. The Hall–Kier alpha value is -3.02. The van der Waals surface area contributed by atoms with E-state index in [1.54, 1.807) is 0 Å². The van der Waals surface area contributed by atoms with Crippen LogP contribution in [-0.2, 0) is 6.54 Å². The molecule has 2 aliphatic heterocycles. The molecule has 6 nitrogen and oxygen atoms in total. The van der Waals surface area contributed by atoms with Gasteiger partial charge in [0, 0.05) is 56.1 Å². The number of benzene rings is 2. The van der Waals surface area contributed by atoms with Gasteiger partial charge in [-0.2, -0.15) is 0 Å². The second kappa shape index (κ2) is 5.76. The predicted molar refractivity (Wildman–Crippen MR) is 104 cm³/mol. The Bertz CT molecular complexity index is 983. The highest BCUT2D eigenvalue weighted by molar-refractivity contribution is 6.08. The van der Waals surface area contributed by atoms with Crippen LogP contribution in [0.1, 0.15) is 16.8 Å². The number of nitrogens with zero attached hydrogens (tertiary/aromatic N) is 4. The van der Waals surface area contributed by atoms with Crippen LogP contribution >= 0.6 is 0 Å². The molecule has 0 aliphatic carbocycles. The number of Topliss-reactive ketones (excluding diaryl/α,β-unsaturated/α-hetero) is 1. The zero-order chi connectivity index (χ0) is 17.7. The van der Waals surface area contributed by atoms with Gasteiger partial charge in [-0.3, -0.25) is 4.79 Å². The quantitative estimate of drug-likeness (QED) is 0.722. The molecule has 1 fully saturated rings. The normalized spacial score (nSPS) is 17.2. The standard InChI is InChI=1S/C20H21N5O/c21-14-4-6-15(7-5-14)23-10-12-24(13-11-23)20-22-17-3-1-2-16-18(26)8-9-25(20)19(16)17/h1-7H,8-13,21H2. The molecule has 2 N–H and O–H groups in total. The van der Waals surface area contributed by atoms with Gasteiger partial charge in [0.1, 0.15) is 0 Å². The smallest absolute Gasteiger partial charge is 0.206 e. The lowest BCUT2D eigenvalue weighted by Gasteiger charge is -2.37. The summed E-state index contributed by atoms with van der Waals surface area (Å²) in [6.45, 7) is 4.44. The predicted octanol–water partition coefficient (Wildman–Crippen LogP) is 2.53. The van der Waals surface area contributed by atoms with Gasteiger partial charge in [-0.05, 0) is 36.4 Å². The Morgan fingerprint density at radius 2 is 1.62 bits per heavy atom. The highest BCUT2D eigenvalue weighted by atomic mass is 16.1. The van der Waals surface area contributed by atoms with E-state index in [1.807, 2.05) is 30.3 Å². The fourth-order valence-electron chi connectivity index (χ4n) is 4.05. The van der Waals surface area contributed by atoms with Gasteiger partial charge in [-0.1, -0.05) is 6.07 Å². The molecule has 0 spiro atoms. The number of nitrogens with two attached hydrogens (primary N) is 1. The Balaban J connectivity index is 1.42. The number of aromatic nitrogens is 2. The maximum atomic E-state index is 12.2. The fraction of sp³-hybridized carbons (Fsp3) is 0.300. The summed E-state index contributed by atoms with van der Waals surface area (Å²) in [5.41, 5.74) is 10.5. The van der Waals surface area contributed by atoms with E-state index in [2.05, 4.69) is 26.5 Å². The molecule has 0 unspecified atom stereocenters. The summed E-state index contributed by atoms with van der Waals surface area (Å²) in [5.74, 6) is 1.22. The highest BCUT2D eigenvalue weighted by Crippen LogP contribution is 2.31. The van der Waals surface area contributed by atoms with Crippen LogP contribution in [0, 0.1) is 0 Å². The number of hydrogen-bond acceptors (Lipinski definition) is 5. The number of piperazine rings is 1. The Kier molecular flexibility index (Phi) is 3.38. The lowest BCUT2D eigenvalue weighted by atomic mass is 10.0. The molecule has 0 atom stereocenters. The fourth-order valence-corrected chi connectivity index (χ4v) is 4.05. The third-order valence-corrected chi connectivity index (χ3v) is 5.43. The molecular weight excluding hydrogens is 326 g/mol. The van der Waals surface area contributed by atoms with Gasteiger partial charge in [-0.15, -0.1) is 0 Å². The van der Waals surface area contributed by atoms with Crippen molar-refractivity contribution in [3.63, 3.8) is 0 Å².